The zero-order valence-corrected chi connectivity index (χ0v) is 12.3. The number of carbonyl (C=O) groups excluding carboxylic acids is 1. The van der Waals surface area contributed by atoms with E-state index in [-0.39, 0.29) is 5.91 Å². The van der Waals surface area contributed by atoms with E-state index in [1.165, 1.54) is 6.42 Å². The van der Waals surface area contributed by atoms with E-state index < -0.39 is 0 Å². The quantitative estimate of drug-likeness (QED) is 0.861. The minimum Gasteiger partial charge on any atom is -0.338 e. The fourth-order valence-electron chi connectivity index (χ4n) is 2.71. The van der Waals surface area contributed by atoms with Crippen LogP contribution in [0, 0.1) is 5.92 Å². The van der Waals surface area contributed by atoms with Crippen LogP contribution in [0.4, 0.5) is 0 Å². The van der Waals surface area contributed by atoms with Crippen LogP contribution >= 0.6 is 11.8 Å². The van der Waals surface area contributed by atoms with Crippen molar-refractivity contribution in [3.63, 3.8) is 0 Å². The van der Waals surface area contributed by atoms with Crippen LogP contribution in [0.3, 0.4) is 0 Å². The van der Waals surface area contributed by atoms with Crippen LogP contribution < -0.4 is 5.73 Å². The minimum atomic E-state index is 0.173. The van der Waals surface area contributed by atoms with Crippen molar-refractivity contribution in [2.75, 3.05) is 25.9 Å². The summed E-state index contributed by atoms with van der Waals surface area (Å²) >= 11 is 1.63. The molecule has 1 aromatic carbocycles. The van der Waals surface area contributed by atoms with E-state index in [9.17, 15) is 4.79 Å². The van der Waals surface area contributed by atoms with Gasteiger partial charge >= 0.3 is 0 Å². The highest BCUT2D eigenvalue weighted by Crippen LogP contribution is 2.25. The molecule has 2 rings (SSSR count). The standard InChI is InChI=1S/C15H22N2OS/c1-19-14-7-3-2-6-13(14)15(18)17-10-4-5-12(11-17)8-9-16/h2-3,6-7,12H,4-5,8-11,16H2,1H3. The summed E-state index contributed by atoms with van der Waals surface area (Å²) in [6.07, 6.45) is 5.33. The van der Waals surface area contributed by atoms with E-state index in [0.29, 0.717) is 12.5 Å². The third-order valence-corrected chi connectivity index (χ3v) is 4.51. The van der Waals surface area contributed by atoms with Crippen LogP contribution in [-0.2, 0) is 0 Å². The van der Waals surface area contributed by atoms with Gasteiger partial charge in [-0.25, -0.2) is 0 Å². The average Bonchev–Trinajstić information content (AvgIpc) is 2.47. The Morgan fingerprint density at radius 1 is 1.47 bits per heavy atom. The number of amides is 1. The molecule has 2 N–H and O–H groups in total. The van der Waals surface area contributed by atoms with E-state index in [4.69, 9.17) is 5.73 Å². The summed E-state index contributed by atoms with van der Waals surface area (Å²) in [6, 6.07) is 7.87. The van der Waals surface area contributed by atoms with Crippen LogP contribution in [0.1, 0.15) is 29.6 Å². The molecule has 1 amide bonds. The minimum absolute atomic E-state index is 0.173. The molecule has 0 aliphatic carbocycles. The van der Waals surface area contributed by atoms with Gasteiger partial charge in [-0.15, -0.1) is 11.8 Å². The zero-order chi connectivity index (χ0) is 13.7. The Balaban J connectivity index is 2.10. The molecular formula is C15H22N2OS. The van der Waals surface area contributed by atoms with Crippen molar-refractivity contribution in [3.8, 4) is 0 Å². The SMILES string of the molecule is CSc1ccccc1C(=O)N1CCCC(CCN)C1. The molecule has 1 unspecified atom stereocenters. The number of carbonyl (C=O) groups is 1. The molecule has 1 aliphatic rings. The van der Waals surface area contributed by atoms with Gasteiger partial charge in [0.2, 0.25) is 0 Å². The molecule has 104 valence electrons. The highest BCUT2D eigenvalue weighted by molar-refractivity contribution is 7.98. The topological polar surface area (TPSA) is 46.3 Å². The van der Waals surface area contributed by atoms with Crippen molar-refractivity contribution in [1.82, 2.24) is 4.90 Å². The van der Waals surface area contributed by atoms with Gasteiger partial charge in [0.15, 0.2) is 0 Å². The van der Waals surface area contributed by atoms with Gasteiger partial charge in [0.05, 0.1) is 5.56 Å². The summed E-state index contributed by atoms with van der Waals surface area (Å²) in [5, 5.41) is 0. The highest BCUT2D eigenvalue weighted by atomic mass is 32.2. The first-order valence-electron chi connectivity index (χ1n) is 6.88. The maximum atomic E-state index is 12.6. The summed E-state index contributed by atoms with van der Waals surface area (Å²) < 4.78 is 0. The molecule has 0 bridgehead atoms. The van der Waals surface area contributed by atoms with Gasteiger partial charge < -0.3 is 10.6 Å². The fraction of sp³-hybridized carbons (Fsp3) is 0.533. The number of nitrogens with two attached hydrogens (primary N) is 1. The second-order valence-electron chi connectivity index (χ2n) is 5.04. The van der Waals surface area contributed by atoms with Crippen molar-refractivity contribution in [3.05, 3.63) is 29.8 Å². The lowest BCUT2D eigenvalue weighted by Gasteiger charge is -2.33. The van der Waals surface area contributed by atoms with Gasteiger partial charge in [-0.3, -0.25) is 4.79 Å². The molecule has 0 spiro atoms. The number of benzene rings is 1. The van der Waals surface area contributed by atoms with Gasteiger partial charge in [0.1, 0.15) is 0 Å². The lowest BCUT2D eigenvalue weighted by molar-refractivity contribution is 0.0666. The number of nitrogens with zero attached hydrogens (tertiary/aromatic N) is 1. The number of rotatable bonds is 4. The average molecular weight is 278 g/mol. The molecule has 0 aromatic heterocycles. The number of piperidine rings is 1. The van der Waals surface area contributed by atoms with Gasteiger partial charge in [-0.2, -0.15) is 0 Å². The Labute approximate surface area is 119 Å². The van der Waals surface area contributed by atoms with Gasteiger partial charge in [0.25, 0.3) is 5.91 Å². The second kappa shape index (κ2) is 6.96. The van der Waals surface area contributed by atoms with Crippen molar-refractivity contribution < 1.29 is 4.79 Å². The predicted molar refractivity (Wildman–Crippen MR) is 80.5 cm³/mol. The van der Waals surface area contributed by atoms with E-state index in [1.54, 1.807) is 11.8 Å². The lowest BCUT2D eigenvalue weighted by atomic mass is 9.94. The van der Waals surface area contributed by atoms with E-state index in [0.717, 1.165) is 36.4 Å². The lowest BCUT2D eigenvalue weighted by Crippen LogP contribution is -2.40. The molecule has 0 radical (unpaired) electrons. The summed E-state index contributed by atoms with van der Waals surface area (Å²) in [4.78, 5) is 15.7. The van der Waals surface area contributed by atoms with Crippen LogP contribution in [0.15, 0.2) is 29.2 Å². The van der Waals surface area contributed by atoms with Crippen molar-refractivity contribution in [1.29, 1.82) is 0 Å². The van der Waals surface area contributed by atoms with Crippen LogP contribution in [0.25, 0.3) is 0 Å². The Kier molecular flexibility index (Phi) is 5.28. The first kappa shape index (κ1) is 14.4. The van der Waals surface area contributed by atoms with Crippen LogP contribution in [-0.4, -0.2) is 36.7 Å². The normalized spacial score (nSPS) is 19.5. The second-order valence-corrected chi connectivity index (χ2v) is 5.89. The maximum Gasteiger partial charge on any atom is 0.254 e. The number of thioether (sulfide) groups is 1. The fourth-order valence-corrected chi connectivity index (χ4v) is 3.30. The van der Waals surface area contributed by atoms with Gasteiger partial charge in [-0.1, -0.05) is 12.1 Å². The number of hydrogen-bond donors (Lipinski definition) is 1. The monoisotopic (exact) mass is 278 g/mol. The first-order valence-corrected chi connectivity index (χ1v) is 8.11. The zero-order valence-electron chi connectivity index (χ0n) is 11.5. The number of hydrogen-bond acceptors (Lipinski definition) is 3. The molecule has 0 saturated carbocycles. The molecule has 1 aliphatic heterocycles. The molecule has 4 heteroatoms. The van der Waals surface area contributed by atoms with E-state index >= 15 is 0 Å². The van der Waals surface area contributed by atoms with Crippen molar-refractivity contribution >= 4 is 17.7 Å². The molecular weight excluding hydrogens is 256 g/mol. The summed E-state index contributed by atoms with van der Waals surface area (Å²) in [5.74, 6) is 0.746. The summed E-state index contributed by atoms with van der Waals surface area (Å²) in [6.45, 7) is 2.45. The number of likely N-dealkylation sites (tertiary alicyclic amines) is 1. The van der Waals surface area contributed by atoms with Crippen LogP contribution in [0.2, 0.25) is 0 Å². The maximum absolute atomic E-state index is 12.6. The van der Waals surface area contributed by atoms with Gasteiger partial charge in [-0.05, 0) is 50.1 Å². The Morgan fingerprint density at radius 3 is 3.00 bits per heavy atom. The first-order chi connectivity index (χ1) is 9.26. The van der Waals surface area contributed by atoms with E-state index in [1.807, 2.05) is 35.4 Å². The Bertz CT molecular complexity index is 434. The van der Waals surface area contributed by atoms with Gasteiger partial charge in [0, 0.05) is 18.0 Å². The Hall–Kier alpha value is -1.00. The highest BCUT2D eigenvalue weighted by Gasteiger charge is 2.25. The summed E-state index contributed by atoms with van der Waals surface area (Å²) in [7, 11) is 0. The molecule has 1 atom stereocenters. The smallest absolute Gasteiger partial charge is 0.254 e. The Morgan fingerprint density at radius 2 is 2.26 bits per heavy atom. The molecule has 19 heavy (non-hydrogen) atoms. The summed E-state index contributed by atoms with van der Waals surface area (Å²) in [5.41, 5.74) is 6.47. The predicted octanol–water partition coefficient (Wildman–Crippen LogP) is 2.61. The molecule has 1 aromatic rings. The largest absolute Gasteiger partial charge is 0.338 e. The van der Waals surface area contributed by atoms with E-state index in [2.05, 4.69) is 0 Å². The molecule has 1 fully saturated rings. The third-order valence-electron chi connectivity index (χ3n) is 3.72. The molecule has 1 saturated heterocycles. The molecule has 1 heterocycles. The molecule has 3 nitrogen and oxygen atoms in total. The third kappa shape index (κ3) is 3.51. The van der Waals surface area contributed by atoms with Crippen molar-refractivity contribution in [2.24, 2.45) is 11.7 Å². The van der Waals surface area contributed by atoms with Crippen LogP contribution in [0.5, 0.6) is 0 Å². The van der Waals surface area contributed by atoms with Crippen molar-refractivity contribution in [2.45, 2.75) is 24.2 Å².